The molecule has 0 aliphatic heterocycles. The minimum absolute atomic E-state index is 0.129. The van der Waals surface area contributed by atoms with Crippen LogP contribution in [0.3, 0.4) is 0 Å². The summed E-state index contributed by atoms with van der Waals surface area (Å²) in [5.41, 5.74) is 2.11. The topological polar surface area (TPSA) is 107 Å². The summed E-state index contributed by atoms with van der Waals surface area (Å²) in [7, 11) is 1.68. The molecule has 3 rings (SSSR count). The number of aromatic nitrogens is 4. The lowest BCUT2D eigenvalue weighted by molar-refractivity contribution is -0.119. The second-order valence-corrected chi connectivity index (χ2v) is 7.21. The molecule has 9 nitrogen and oxygen atoms in total. The zero-order chi connectivity index (χ0) is 20.4. The van der Waals surface area contributed by atoms with Crippen LogP contribution in [0, 0.1) is 13.8 Å². The van der Waals surface area contributed by atoms with Gasteiger partial charge in [-0.1, -0.05) is 0 Å². The second kappa shape index (κ2) is 8.01. The Kier molecular flexibility index (Phi) is 5.68. The summed E-state index contributed by atoms with van der Waals surface area (Å²) in [5.74, 6) is -0.0846. The summed E-state index contributed by atoms with van der Waals surface area (Å²) >= 11 is 3.46. The molecule has 28 heavy (non-hydrogen) atoms. The number of carbonyl (C=O) groups excluding carboxylic acids is 2. The van der Waals surface area contributed by atoms with E-state index in [0.717, 1.165) is 15.9 Å². The predicted molar refractivity (Wildman–Crippen MR) is 106 cm³/mol. The third kappa shape index (κ3) is 4.01. The number of halogens is 1. The third-order valence-corrected chi connectivity index (χ3v) is 5.44. The van der Waals surface area contributed by atoms with Crippen molar-refractivity contribution in [1.29, 1.82) is 0 Å². The van der Waals surface area contributed by atoms with Gasteiger partial charge in [0.1, 0.15) is 11.8 Å². The molecule has 0 radical (unpaired) electrons. The summed E-state index contributed by atoms with van der Waals surface area (Å²) in [6, 6.07) is 2.94. The maximum Gasteiger partial charge on any atom is 0.274 e. The number of nitrogens with zero attached hydrogens (tertiary/aromatic N) is 4. The molecule has 0 saturated heterocycles. The van der Waals surface area contributed by atoms with Crippen molar-refractivity contribution >= 4 is 33.4 Å². The standard InChI is InChI=1S/C18H21BrN6O3/c1-10-15(19)11(2)25(22-10)12(3)17(26)21-14-9-24(4)23-16(14)18(27)20-8-13-6-5-7-28-13/h5-7,9,12H,8H2,1-4H3,(H,20,27)(H,21,26). The van der Waals surface area contributed by atoms with Gasteiger partial charge in [0.15, 0.2) is 5.69 Å². The van der Waals surface area contributed by atoms with Crippen LogP contribution in [0.25, 0.3) is 0 Å². The maximum atomic E-state index is 12.7. The first-order valence-electron chi connectivity index (χ1n) is 8.64. The molecule has 10 heteroatoms. The van der Waals surface area contributed by atoms with Crippen LogP contribution in [0.15, 0.2) is 33.5 Å². The van der Waals surface area contributed by atoms with E-state index in [1.54, 1.807) is 37.0 Å². The van der Waals surface area contributed by atoms with Crippen LogP contribution < -0.4 is 10.6 Å². The van der Waals surface area contributed by atoms with Gasteiger partial charge in [0.2, 0.25) is 5.91 Å². The van der Waals surface area contributed by atoms with E-state index in [4.69, 9.17) is 4.42 Å². The smallest absolute Gasteiger partial charge is 0.274 e. The van der Waals surface area contributed by atoms with E-state index in [1.165, 1.54) is 10.9 Å². The van der Waals surface area contributed by atoms with Crippen molar-refractivity contribution in [3.05, 3.63) is 51.9 Å². The van der Waals surface area contributed by atoms with Gasteiger partial charge in [-0.25, -0.2) is 0 Å². The molecule has 3 heterocycles. The highest BCUT2D eigenvalue weighted by molar-refractivity contribution is 9.10. The van der Waals surface area contributed by atoms with Crippen LogP contribution in [-0.4, -0.2) is 31.4 Å². The monoisotopic (exact) mass is 448 g/mol. The van der Waals surface area contributed by atoms with E-state index in [0.29, 0.717) is 11.4 Å². The number of nitrogens with one attached hydrogen (secondary N) is 2. The third-order valence-electron chi connectivity index (χ3n) is 4.29. The summed E-state index contributed by atoms with van der Waals surface area (Å²) in [4.78, 5) is 25.2. The van der Waals surface area contributed by atoms with Crippen molar-refractivity contribution in [3.8, 4) is 0 Å². The molecule has 1 atom stereocenters. The molecule has 3 aromatic rings. The van der Waals surface area contributed by atoms with Gasteiger partial charge in [-0.05, 0) is 48.8 Å². The Labute approximate surface area is 170 Å². The summed E-state index contributed by atoms with van der Waals surface area (Å²) in [6.07, 6.45) is 3.12. The molecule has 0 aromatic carbocycles. The molecular formula is C18H21BrN6O3. The highest BCUT2D eigenvalue weighted by Crippen LogP contribution is 2.24. The zero-order valence-corrected chi connectivity index (χ0v) is 17.6. The lowest BCUT2D eigenvalue weighted by Gasteiger charge is -2.14. The Morgan fingerprint density at radius 3 is 2.68 bits per heavy atom. The molecule has 0 aliphatic rings. The van der Waals surface area contributed by atoms with E-state index in [2.05, 4.69) is 36.8 Å². The average Bonchev–Trinajstić information content (AvgIpc) is 3.36. The van der Waals surface area contributed by atoms with E-state index in [9.17, 15) is 9.59 Å². The van der Waals surface area contributed by atoms with Gasteiger partial charge in [-0.15, -0.1) is 0 Å². The van der Waals surface area contributed by atoms with Gasteiger partial charge in [-0.3, -0.25) is 19.0 Å². The van der Waals surface area contributed by atoms with Crippen LogP contribution >= 0.6 is 15.9 Å². The first-order valence-corrected chi connectivity index (χ1v) is 9.43. The van der Waals surface area contributed by atoms with Crippen molar-refractivity contribution in [2.45, 2.75) is 33.4 Å². The van der Waals surface area contributed by atoms with Crippen LogP contribution in [-0.2, 0) is 18.4 Å². The second-order valence-electron chi connectivity index (χ2n) is 6.42. The van der Waals surface area contributed by atoms with Crippen molar-refractivity contribution in [2.75, 3.05) is 5.32 Å². The van der Waals surface area contributed by atoms with Gasteiger partial charge >= 0.3 is 0 Å². The van der Waals surface area contributed by atoms with E-state index in [-0.39, 0.29) is 18.1 Å². The van der Waals surface area contributed by atoms with E-state index in [1.807, 2.05) is 13.8 Å². The van der Waals surface area contributed by atoms with Crippen molar-refractivity contribution in [2.24, 2.45) is 7.05 Å². The van der Waals surface area contributed by atoms with Crippen LogP contribution in [0.2, 0.25) is 0 Å². The van der Waals surface area contributed by atoms with Crippen molar-refractivity contribution < 1.29 is 14.0 Å². The zero-order valence-electron chi connectivity index (χ0n) is 16.0. The normalized spacial score (nSPS) is 12.0. The average molecular weight is 449 g/mol. The minimum Gasteiger partial charge on any atom is -0.467 e. The van der Waals surface area contributed by atoms with Crippen LogP contribution in [0.5, 0.6) is 0 Å². The highest BCUT2D eigenvalue weighted by atomic mass is 79.9. The number of hydrogen-bond donors (Lipinski definition) is 2. The first kappa shape index (κ1) is 19.9. The number of amides is 2. The lowest BCUT2D eigenvalue weighted by atomic mass is 10.2. The fourth-order valence-corrected chi connectivity index (χ4v) is 3.04. The summed E-state index contributed by atoms with van der Waals surface area (Å²) < 4.78 is 9.18. The summed E-state index contributed by atoms with van der Waals surface area (Å²) in [5, 5.41) is 14.1. The van der Waals surface area contributed by atoms with Gasteiger partial charge in [0.25, 0.3) is 5.91 Å². The Morgan fingerprint density at radius 1 is 1.32 bits per heavy atom. The van der Waals surface area contributed by atoms with Crippen LogP contribution in [0.1, 0.15) is 40.6 Å². The molecule has 2 N–H and O–H groups in total. The van der Waals surface area contributed by atoms with Crippen molar-refractivity contribution in [1.82, 2.24) is 24.9 Å². The predicted octanol–water partition coefficient (Wildman–Crippen LogP) is 2.72. The number of carbonyl (C=O) groups is 2. The Morgan fingerprint density at radius 2 is 2.07 bits per heavy atom. The van der Waals surface area contributed by atoms with Crippen LogP contribution in [0.4, 0.5) is 5.69 Å². The van der Waals surface area contributed by atoms with Gasteiger partial charge in [0, 0.05) is 13.2 Å². The fraction of sp³-hybridized carbons (Fsp3) is 0.333. The first-order chi connectivity index (χ1) is 13.3. The molecule has 2 amide bonds. The summed E-state index contributed by atoms with van der Waals surface area (Å²) in [6.45, 7) is 5.71. The largest absolute Gasteiger partial charge is 0.467 e. The number of aryl methyl sites for hydroxylation is 2. The molecule has 148 valence electrons. The fourth-order valence-electron chi connectivity index (χ4n) is 2.78. The van der Waals surface area contributed by atoms with E-state index < -0.39 is 11.9 Å². The van der Waals surface area contributed by atoms with Crippen molar-refractivity contribution in [3.63, 3.8) is 0 Å². The molecule has 0 spiro atoms. The number of anilines is 1. The number of hydrogen-bond acceptors (Lipinski definition) is 5. The number of furan rings is 1. The molecule has 0 saturated carbocycles. The SMILES string of the molecule is Cc1nn(C(C)C(=O)Nc2cn(C)nc2C(=O)NCc2ccco2)c(C)c1Br. The lowest BCUT2D eigenvalue weighted by Crippen LogP contribution is -2.28. The minimum atomic E-state index is -0.566. The maximum absolute atomic E-state index is 12.7. The van der Waals surface area contributed by atoms with Gasteiger partial charge in [-0.2, -0.15) is 10.2 Å². The highest BCUT2D eigenvalue weighted by Gasteiger charge is 2.24. The number of rotatable bonds is 6. The Bertz CT molecular complexity index is 1010. The van der Waals surface area contributed by atoms with Gasteiger partial charge < -0.3 is 15.1 Å². The molecular weight excluding hydrogens is 428 g/mol. The molecule has 0 aliphatic carbocycles. The van der Waals surface area contributed by atoms with Gasteiger partial charge in [0.05, 0.1) is 34.4 Å². The molecule has 0 bridgehead atoms. The molecule has 1 unspecified atom stereocenters. The molecule has 0 fully saturated rings. The Balaban J connectivity index is 1.74. The molecule has 3 aromatic heterocycles. The van der Waals surface area contributed by atoms with E-state index >= 15 is 0 Å². The Hall–Kier alpha value is -2.88. The quantitative estimate of drug-likeness (QED) is 0.602.